The van der Waals surface area contributed by atoms with Crippen LogP contribution in [0.3, 0.4) is 0 Å². The number of benzene rings is 1. The van der Waals surface area contributed by atoms with Crippen LogP contribution in [0.15, 0.2) is 36.4 Å². The predicted molar refractivity (Wildman–Crippen MR) is 50.8 cm³/mol. The van der Waals surface area contributed by atoms with Gasteiger partial charge >= 0.3 is 0 Å². The molecule has 0 atom stereocenters. The topological polar surface area (TPSA) is 17.1 Å². The van der Waals surface area contributed by atoms with Crippen molar-refractivity contribution in [1.29, 1.82) is 0 Å². The summed E-state index contributed by atoms with van der Waals surface area (Å²) >= 11 is 0. The van der Waals surface area contributed by atoms with Crippen LogP contribution in [0.4, 0.5) is 0 Å². The highest BCUT2D eigenvalue weighted by molar-refractivity contribution is 5.76. The average Bonchev–Trinajstić information content (AvgIpc) is 2.15. The van der Waals surface area contributed by atoms with Crippen LogP contribution in [-0.4, -0.2) is 6.29 Å². The van der Waals surface area contributed by atoms with Gasteiger partial charge in [0.25, 0.3) is 0 Å². The summed E-state index contributed by atoms with van der Waals surface area (Å²) < 4.78 is 0. The van der Waals surface area contributed by atoms with Crippen LogP contribution in [0.25, 0.3) is 5.57 Å². The second-order valence-corrected chi connectivity index (χ2v) is 2.55. The first-order valence-electron chi connectivity index (χ1n) is 4.02. The molecule has 1 aromatic carbocycles. The van der Waals surface area contributed by atoms with Crippen LogP contribution in [0.5, 0.6) is 0 Å². The highest BCUT2D eigenvalue weighted by Gasteiger charge is 1.96. The summed E-state index contributed by atoms with van der Waals surface area (Å²) in [5.74, 6) is 0. The first-order valence-corrected chi connectivity index (χ1v) is 4.02. The van der Waals surface area contributed by atoms with E-state index in [1.165, 1.54) is 0 Å². The maximum absolute atomic E-state index is 10.3. The minimum absolute atomic E-state index is 0.501. The largest absolute Gasteiger partial charge is 0.303 e. The summed E-state index contributed by atoms with van der Waals surface area (Å²) in [6.07, 6.45) is 3.41. The van der Waals surface area contributed by atoms with Gasteiger partial charge in [-0.3, -0.25) is 0 Å². The molecule has 1 heteroatoms. The smallest absolute Gasteiger partial charge is 0.124 e. The van der Waals surface area contributed by atoms with E-state index in [0.717, 1.165) is 17.4 Å². The van der Waals surface area contributed by atoms with Crippen LogP contribution in [0.1, 0.15) is 18.9 Å². The van der Waals surface area contributed by atoms with Crippen LogP contribution in [-0.2, 0) is 4.79 Å². The van der Waals surface area contributed by atoms with Gasteiger partial charge in [0, 0.05) is 6.42 Å². The Balaban J connectivity index is 2.88. The average molecular weight is 160 g/mol. The molecule has 0 saturated heterocycles. The Bertz CT molecular complexity index is 272. The quantitative estimate of drug-likeness (QED) is 0.621. The fourth-order valence-corrected chi connectivity index (χ4v) is 1.14. The Morgan fingerprint density at radius 3 is 2.50 bits per heavy atom. The molecule has 0 saturated carbocycles. The van der Waals surface area contributed by atoms with Gasteiger partial charge in [-0.1, -0.05) is 36.4 Å². The number of aldehydes is 1. The predicted octanol–water partition coefficient (Wildman–Crippen LogP) is 2.68. The van der Waals surface area contributed by atoms with Crippen molar-refractivity contribution < 1.29 is 4.79 Å². The zero-order valence-electron chi connectivity index (χ0n) is 7.16. The first-order chi connectivity index (χ1) is 5.88. The molecule has 0 radical (unpaired) electrons. The standard InChI is InChI=1S/C11H12O/c1-2-10(8-9-12)11-6-4-3-5-7-11/h2-7,9H,8H2,1H3/b10-2-. The van der Waals surface area contributed by atoms with Gasteiger partial charge in [0.1, 0.15) is 6.29 Å². The number of carbonyl (C=O) groups excluding carboxylic acids is 1. The van der Waals surface area contributed by atoms with Crippen molar-refractivity contribution in [2.75, 3.05) is 0 Å². The number of carbonyl (C=O) groups is 1. The lowest BCUT2D eigenvalue weighted by atomic mass is 10.0. The molecule has 1 nitrogen and oxygen atoms in total. The van der Waals surface area contributed by atoms with Crippen molar-refractivity contribution in [3.8, 4) is 0 Å². The second-order valence-electron chi connectivity index (χ2n) is 2.55. The molecular weight excluding hydrogens is 148 g/mol. The monoisotopic (exact) mass is 160 g/mol. The molecule has 0 heterocycles. The Labute approximate surface area is 72.7 Å². The Morgan fingerprint density at radius 2 is 2.00 bits per heavy atom. The first kappa shape index (κ1) is 8.72. The summed E-state index contributed by atoms with van der Waals surface area (Å²) in [7, 11) is 0. The highest BCUT2D eigenvalue weighted by atomic mass is 16.1. The van der Waals surface area contributed by atoms with Crippen molar-refractivity contribution in [3.05, 3.63) is 42.0 Å². The van der Waals surface area contributed by atoms with Gasteiger partial charge in [-0.2, -0.15) is 0 Å². The maximum atomic E-state index is 10.3. The molecule has 0 aliphatic rings. The Hall–Kier alpha value is -1.37. The second kappa shape index (κ2) is 4.50. The van der Waals surface area contributed by atoms with E-state index < -0.39 is 0 Å². The van der Waals surface area contributed by atoms with Gasteiger partial charge in [0.2, 0.25) is 0 Å². The summed E-state index contributed by atoms with van der Waals surface area (Å²) in [5.41, 5.74) is 2.22. The van der Waals surface area contributed by atoms with Crippen molar-refractivity contribution >= 4 is 11.9 Å². The van der Waals surface area contributed by atoms with E-state index in [0.29, 0.717) is 6.42 Å². The minimum atomic E-state index is 0.501. The lowest BCUT2D eigenvalue weighted by Gasteiger charge is -2.01. The fourth-order valence-electron chi connectivity index (χ4n) is 1.14. The Morgan fingerprint density at radius 1 is 1.33 bits per heavy atom. The van der Waals surface area contributed by atoms with Crippen molar-refractivity contribution in [3.63, 3.8) is 0 Å². The third-order valence-corrected chi connectivity index (χ3v) is 1.80. The van der Waals surface area contributed by atoms with E-state index in [-0.39, 0.29) is 0 Å². The molecule has 0 N–H and O–H groups in total. The number of rotatable bonds is 3. The van der Waals surface area contributed by atoms with E-state index in [9.17, 15) is 4.79 Å². The molecule has 0 aliphatic carbocycles. The third-order valence-electron chi connectivity index (χ3n) is 1.80. The lowest BCUT2D eigenvalue weighted by molar-refractivity contribution is -0.107. The Kier molecular flexibility index (Phi) is 3.27. The molecule has 0 bridgehead atoms. The molecular formula is C11H12O. The normalized spacial score (nSPS) is 11.2. The molecule has 1 rings (SSSR count). The van der Waals surface area contributed by atoms with E-state index in [1.807, 2.05) is 43.3 Å². The molecule has 0 aliphatic heterocycles. The zero-order chi connectivity index (χ0) is 8.81. The summed E-state index contributed by atoms with van der Waals surface area (Å²) in [6, 6.07) is 9.95. The molecule has 1 aromatic rings. The number of hydrogen-bond donors (Lipinski definition) is 0. The van der Waals surface area contributed by atoms with Crippen LogP contribution in [0, 0.1) is 0 Å². The van der Waals surface area contributed by atoms with Gasteiger partial charge < -0.3 is 4.79 Å². The van der Waals surface area contributed by atoms with Gasteiger partial charge in [-0.15, -0.1) is 0 Å². The highest BCUT2D eigenvalue weighted by Crippen LogP contribution is 2.15. The van der Waals surface area contributed by atoms with Crippen molar-refractivity contribution in [2.24, 2.45) is 0 Å². The van der Waals surface area contributed by atoms with Gasteiger partial charge in [0.15, 0.2) is 0 Å². The minimum Gasteiger partial charge on any atom is -0.303 e. The van der Waals surface area contributed by atoms with E-state index in [1.54, 1.807) is 0 Å². The van der Waals surface area contributed by atoms with Crippen molar-refractivity contribution in [2.45, 2.75) is 13.3 Å². The van der Waals surface area contributed by atoms with Crippen LogP contribution >= 0.6 is 0 Å². The zero-order valence-corrected chi connectivity index (χ0v) is 7.16. The van der Waals surface area contributed by atoms with Gasteiger partial charge in [-0.25, -0.2) is 0 Å². The summed E-state index contributed by atoms with van der Waals surface area (Å²) in [5, 5.41) is 0. The molecule has 12 heavy (non-hydrogen) atoms. The summed E-state index contributed by atoms with van der Waals surface area (Å²) in [4.78, 5) is 10.3. The lowest BCUT2D eigenvalue weighted by Crippen LogP contribution is -1.84. The van der Waals surface area contributed by atoms with Crippen molar-refractivity contribution in [1.82, 2.24) is 0 Å². The van der Waals surface area contributed by atoms with Crippen LogP contribution in [0.2, 0.25) is 0 Å². The van der Waals surface area contributed by atoms with Gasteiger partial charge in [0.05, 0.1) is 0 Å². The fraction of sp³-hybridized carbons (Fsp3) is 0.182. The molecule has 0 fully saturated rings. The maximum Gasteiger partial charge on any atom is 0.124 e. The third kappa shape index (κ3) is 2.06. The number of allylic oxidation sites excluding steroid dienone is 2. The SMILES string of the molecule is C/C=C(/CC=O)c1ccccc1. The molecule has 0 aromatic heterocycles. The molecule has 62 valence electrons. The molecule has 0 spiro atoms. The van der Waals surface area contributed by atoms with E-state index in [4.69, 9.17) is 0 Å². The van der Waals surface area contributed by atoms with Crippen LogP contribution < -0.4 is 0 Å². The summed E-state index contributed by atoms with van der Waals surface area (Å²) in [6.45, 7) is 1.95. The molecule has 0 unspecified atom stereocenters. The van der Waals surface area contributed by atoms with E-state index >= 15 is 0 Å². The molecule has 0 amide bonds. The number of hydrogen-bond acceptors (Lipinski definition) is 1. The van der Waals surface area contributed by atoms with E-state index in [2.05, 4.69) is 0 Å². The van der Waals surface area contributed by atoms with Gasteiger partial charge in [-0.05, 0) is 18.1 Å².